The third kappa shape index (κ3) is 2.90. The number of sulfone groups is 1. The first-order valence-corrected chi connectivity index (χ1v) is 7.87. The van der Waals surface area contributed by atoms with E-state index >= 15 is 0 Å². The van der Waals surface area contributed by atoms with Crippen molar-refractivity contribution in [3.05, 3.63) is 27.7 Å². The van der Waals surface area contributed by atoms with Gasteiger partial charge in [0.15, 0.2) is 9.84 Å². The summed E-state index contributed by atoms with van der Waals surface area (Å²) < 4.78 is 23.5. The Morgan fingerprint density at radius 3 is 2.75 bits per heavy atom. The number of hydrogen-bond acceptors (Lipinski definition) is 3. The highest BCUT2D eigenvalue weighted by atomic mass is 79.9. The van der Waals surface area contributed by atoms with Crippen LogP contribution < -0.4 is 5.32 Å². The number of nitrogens with one attached hydrogen (secondary N) is 1. The summed E-state index contributed by atoms with van der Waals surface area (Å²) in [5.74, 6) is 0.457. The number of hydrogen-bond donors (Lipinski definition) is 1. The summed E-state index contributed by atoms with van der Waals surface area (Å²) in [5.41, 5.74) is 0.784. The normalized spacial score (nSPS) is 23.2. The van der Waals surface area contributed by atoms with Crippen LogP contribution in [0, 0.1) is 0 Å². The first-order valence-electron chi connectivity index (χ1n) is 4.88. The molecule has 3 nitrogen and oxygen atoms in total. The van der Waals surface area contributed by atoms with Gasteiger partial charge in [0.1, 0.15) is 0 Å². The van der Waals surface area contributed by atoms with Crippen LogP contribution in [0.25, 0.3) is 0 Å². The Hall–Kier alpha value is -0.260. The number of benzene rings is 1. The van der Waals surface area contributed by atoms with Crippen molar-refractivity contribution < 1.29 is 8.42 Å². The number of rotatable bonds is 2. The predicted molar refractivity (Wildman–Crippen MR) is 69.8 cm³/mol. The van der Waals surface area contributed by atoms with E-state index in [4.69, 9.17) is 11.6 Å². The molecule has 1 aromatic carbocycles. The number of halogens is 2. The highest BCUT2D eigenvalue weighted by Gasteiger charge is 2.27. The lowest BCUT2D eigenvalue weighted by Crippen LogP contribution is -2.20. The van der Waals surface area contributed by atoms with Crippen LogP contribution in [0.3, 0.4) is 0 Å². The molecular weight excluding hydrogens is 314 g/mol. The second kappa shape index (κ2) is 4.55. The van der Waals surface area contributed by atoms with Crippen molar-refractivity contribution in [1.82, 2.24) is 0 Å². The lowest BCUT2D eigenvalue weighted by Gasteiger charge is -2.13. The summed E-state index contributed by atoms with van der Waals surface area (Å²) in [5, 5.41) is 3.76. The Morgan fingerprint density at radius 1 is 1.44 bits per heavy atom. The van der Waals surface area contributed by atoms with Crippen molar-refractivity contribution in [2.75, 3.05) is 16.8 Å². The first kappa shape index (κ1) is 12.2. The van der Waals surface area contributed by atoms with Crippen molar-refractivity contribution in [2.45, 2.75) is 12.5 Å². The smallest absolute Gasteiger partial charge is 0.152 e. The lowest BCUT2D eigenvalue weighted by molar-refractivity contribution is 0.602. The van der Waals surface area contributed by atoms with Gasteiger partial charge in [-0.25, -0.2) is 8.42 Å². The predicted octanol–water partition coefficient (Wildman–Crippen LogP) is 2.70. The molecule has 1 unspecified atom stereocenters. The van der Waals surface area contributed by atoms with E-state index in [0.717, 1.165) is 10.2 Å². The third-order valence-corrected chi connectivity index (χ3v) is 5.10. The standard InChI is InChI=1S/C10H11BrClNO2S/c11-7-1-2-10(9(12)5-7)13-8-3-4-16(14,15)6-8/h1-2,5,8,13H,3-4,6H2. The minimum atomic E-state index is -2.85. The van der Waals surface area contributed by atoms with Gasteiger partial charge in [-0.2, -0.15) is 0 Å². The second-order valence-electron chi connectivity index (χ2n) is 3.87. The van der Waals surface area contributed by atoms with Crippen LogP contribution in [0.5, 0.6) is 0 Å². The van der Waals surface area contributed by atoms with Gasteiger partial charge in [-0.1, -0.05) is 27.5 Å². The molecule has 1 N–H and O–H groups in total. The monoisotopic (exact) mass is 323 g/mol. The van der Waals surface area contributed by atoms with Crippen molar-refractivity contribution in [3.63, 3.8) is 0 Å². The van der Waals surface area contributed by atoms with Gasteiger partial charge in [0.25, 0.3) is 0 Å². The van der Waals surface area contributed by atoms with Crippen molar-refractivity contribution in [3.8, 4) is 0 Å². The maximum absolute atomic E-state index is 11.3. The van der Waals surface area contributed by atoms with Crippen LogP contribution in [0.2, 0.25) is 5.02 Å². The molecule has 6 heteroatoms. The minimum Gasteiger partial charge on any atom is -0.380 e. The van der Waals surface area contributed by atoms with E-state index in [1.165, 1.54) is 0 Å². The molecule has 0 aromatic heterocycles. The Kier molecular flexibility index (Phi) is 3.47. The zero-order valence-electron chi connectivity index (χ0n) is 8.41. The van der Waals surface area contributed by atoms with Gasteiger partial charge in [-0.05, 0) is 24.6 Å². The molecule has 2 rings (SSSR count). The van der Waals surface area contributed by atoms with Crippen LogP contribution in [0.1, 0.15) is 6.42 Å². The molecule has 1 fully saturated rings. The molecule has 1 aliphatic heterocycles. The molecule has 0 radical (unpaired) electrons. The van der Waals surface area contributed by atoms with Gasteiger partial charge in [-0.3, -0.25) is 0 Å². The maximum Gasteiger partial charge on any atom is 0.152 e. The summed E-state index contributed by atoms with van der Waals surface area (Å²) >= 11 is 9.36. The molecule has 0 spiro atoms. The van der Waals surface area contributed by atoms with Gasteiger partial charge < -0.3 is 5.32 Å². The maximum atomic E-state index is 11.3. The third-order valence-electron chi connectivity index (χ3n) is 2.52. The molecule has 16 heavy (non-hydrogen) atoms. The fourth-order valence-corrected chi connectivity index (χ4v) is 4.14. The van der Waals surface area contributed by atoms with Crippen LogP contribution in [0.15, 0.2) is 22.7 Å². The molecule has 1 atom stereocenters. The highest BCUT2D eigenvalue weighted by molar-refractivity contribution is 9.10. The van der Waals surface area contributed by atoms with E-state index in [9.17, 15) is 8.42 Å². The molecule has 1 aromatic rings. The molecule has 88 valence electrons. The summed E-state index contributed by atoms with van der Waals surface area (Å²) in [7, 11) is -2.85. The zero-order chi connectivity index (χ0) is 11.8. The molecular formula is C10H11BrClNO2S. The summed E-state index contributed by atoms with van der Waals surface area (Å²) in [4.78, 5) is 0. The molecule has 0 bridgehead atoms. The fourth-order valence-electron chi connectivity index (χ4n) is 1.74. The second-order valence-corrected chi connectivity index (χ2v) is 7.42. The highest BCUT2D eigenvalue weighted by Crippen LogP contribution is 2.27. The van der Waals surface area contributed by atoms with Crippen LogP contribution in [-0.4, -0.2) is 26.0 Å². The van der Waals surface area contributed by atoms with E-state index < -0.39 is 9.84 Å². The Morgan fingerprint density at radius 2 is 2.19 bits per heavy atom. The van der Waals surface area contributed by atoms with Crippen molar-refractivity contribution in [2.24, 2.45) is 0 Å². The number of anilines is 1. The molecule has 1 aliphatic rings. The quantitative estimate of drug-likeness (QED) is 0.910. The molecule has 1 heterocycles. The van der Waals surface area contributed by atoms with E-state index in [1.54, 1.807) is 6.07 Å². The van der Waals surface area contributed by atoms with Gasteiger partial charge in [0, 0.05) is 10.5 Å². The summed E-state index contributed by atoms with van der Waals surface area (Å²) in [6.45, 7) is 0. The molecule has 0 saturated carbocycles. The topological polar surface area (TPSA) is 46.2 Å². The van der Waals surface area contributed by atoms with E-state index in [0.29, 0.717) is 11.4 Å². The summed E-state index contributed by atoms with van der Waals surface area (Å²) in [6, 6.07) is 5.48. The zero-order valence-corrected chi connectivity index (χ0v) is 11.6. The van der Waals surface area contributed by atoms with Crippen molar-refractivity contribution >= 4 is 43.1 Å². The average molecular weight is 325 g/mol. The SMILES string of the molecule is O=S1(=O)CCC(Nc2ccc(Br)cc2Cl)C1. The van der Waals surface area contributed by atoms with E-state index in [-0.39, 0.29) is 17.5 Å². The fraction of sp³-hybridized carbons (Fsp3) is 0.400. The first-order chi connectivity index (χ1) is 7.46. The molecule has 0 amide bonds. The Labute approximate surface area is 108 Å². The minimum absolute atomic E-state index is 0.0244. The van der Waals surface area contributed by atoms with Crippen LogP contribution in [-0.2, 0) is 9.84 Å². The average Bonchev–Trinajstić information content (AvgIpc) is 2.51. The molecule has 0 aliphatic carbocycles. The van der Waals surface area contributed by atoms with Crippen LogP contribution >= 0.6 is 27.5 Å². The largest absolute Gasteiger partial charge is 0.380 e. The van der Waals surface area contributed by atoms with E-state index in [2.05, 4.69) is 21.2 Å². The van der Waals surface area contributed by atoms with Gasteiger partial charge >= 0.3 is 0 Å². The van der Waals surface area contributed by atoms with Gasteiger partial charge in [0.2, 0.25) is 0 Å². The lowest BCUT2D eigenvalue weighted by atomic mass is 10.2. The van der Waals surface area contributed by atoms with Gasteiger partial charge in [0.05, 0.1) is 22.2 Å². The van der Waals surface area contributed by atoms with Crippen LogP contribution in [0.4, 0.5) is 5.69 Å². The van der Waals surface area contributed by atoms with E-state index in [1.807, 2.05) is 12.1 Å². The van der Waals surface area contributed by atoms with Crippen molar-refractivity contribution in [1.29, 1.82) is 0 Å². The van der Waals surface area contributed by atoms with Gasteiger partial charge in [-0.15, -0.1) is 0 Å². The Balaban J connectivity index is 2.11. The molecule has 1 saturated heterocycles. The summed E-state index contributed by atoms with van der Waals surface area (Å²) in [6.07, 6.45) is 0.648. The Bertz CT molecular complexity index is 504.